The number of amides is 1. The molecule has 5 nitrogen and oxygen atoms in total. The van der Waals surface area contributed by atoms with E-state index >= 15 is 0 Å². The minimum Gasteiger partial charge on any atom is -0.495 e. The van der Waals surface area contributed by atoms with Crippen LogP contribution in [0.25, 0.3) is 0 Å². The minimum atomic E-state index is -0.974. The van der Waals surface area contributed by atoms with Crippen molar-refractivity contribution in [3.05, 3.63) is 23.8 Å². The van der Waals surface area contributed by atoms with Gasteiger partial charge in [-0.25, -0.2) is 4.79 Å². The molecule has 1 aromatic carbocycles. The molecule has 0 aliphatic carbocycles. The predicted octanol–water partition coefficient (Wildman–Crippen LogP) is 3.27. The number of nitrogens with one attached hydrogen (secondary N) is 1. The summed E-state index contributed by atoms with van der Waals surface area (Å²) in [5.74, 6) is 0.468. The summed E-state index contributed by atoms with van der Waals surface area (Å²) in [4.78, 5) is 11.7. The maximum Gasteiger partial charge on any atom is 0.412 e. The summed E-state index contributed by atoms with van der Waals surface area (Å²) in [5.41, 5.74) is -0.346. The van der Waals surface area contributed by atoms with Gasteiger partial charge in [-0.2, -0.15) is 0 Å². The van der Waals surface area contributed by atoms with E-state index in [9.17, 15) is 9.90 Å². The van der Waals surface area contributed by atoms with E-state index in [2.05, 4.69) is 5.32 Å². The molecule has 20 heavy (non-hydrogen) atoms. The van der Waals surface area contributed by atoms with E-state index in [1.54, 1.807) is 52.8 Å². The van der Waals surface area contributed by atoms with Crippen molar-refractivity contribution < 1.29 is 19.4 Å². The molecule has 0 radical (unpaired) electrons. The molecule has 2 N–H and O–H groups in total. The molecule has 0 spiro atoms. The van der Waals surface area contributed by atoms with Gasteiger partial charge < -0.3 is 14.6 Å². The van der Waals surface area contributed by atoms with Crippen LogP contribution < -0.4 is 10.1 Å². The molecule has 1 amide bonds. The summed E-state index contributed by atoms with van der Waals surface area (Å²) in [5, 5.41) is 12.6. The average molecular weight is 281 g/mol. The Bertz CT molecular complexity index is 484. The Morgan fingerprint density at radius 1 is 1.20 bits per heavy atom. The summed E-state index contributed by atoms with van der Waals surface area (Å²) in [6, 6.07) is 5.10. The van der Waals surface area contributed by atoms with Gasteiger partial charge in [-0.05, 0) is 52.3 Å². The Labute approximate surface area is 119 Å². The molecule has 0 atom stereocenters. The molecule has 5 heteroatoms. The van der Waals surface area contributed by atoms with Crippen LogP contribution in [0.3, 0.4) is 0 Å². The van der Waals surface area contributed by atoms with Gasteiger partial charge in [0.05, 0.1) is 18.4 Å². The molecule has 0 heterocycles. The van der Waals surface area contributed by atoms with Gasteiger partial charge >= 0.3 is 6.09 Å². The van der Waals surface area contributed by atoms with Crippen LogP contribution >= 0.6 is 0 Å². The molecule has 112 valence electrons. The second-order valence-electron chi connectivity index (χ2n) is 6.10. The van der Waals surface area contributed by atoms with Gasteiger partial charge in [-0.3, -0.25) is 5.32 Å². The van der Waals surface area contributed by atoms with Gasteiger partial charge in [-0.1, -0.05) is 6.07 Å². The lowest BCUT2D eigenvalue weighted by Gasteiger charge is -2.22. The summed E-state index contributed by atoms with van der Waals surface area (Å²) in [6.45, 7) is 8.75. The van der Waals surface area contributed by atoms with Gasteiger partial charge in [0.25, 0.3) is 0 Å². The number of aliphatic hydroxyl groups is 1. The van der Waals surface area contributed by atoms with Crippen LogP contribution in [0.2, 0.25) is 0 Å². The van der Waals surface area contributed by atoms with Gasteiger partial charge in [-0.15, -0.1) is 0 Å². The first kappa shape index (κ1) is 16.3. The molecule has 0 unspecified atom stereocenters. The average Bonchev–Trinajstić information content (AvgIpc) is 2.25. The molecule has 0 aromatic heterocycles. The fourth-order valence-electron chi connectivity index (χ4n) is 1.59. The van der Waals surface area contributed by atoms with Crippen LogP contribution in [0.1, 0.15) is 40.2 Å². The third-order valence-corrected chi connectivity index (χ3v) is 2.54. The topological polar surface area (TPSA) is 67.8 Å². The molecule has 0 aliphatic rings. The first-order chi connectivity index (χ1) is 9.03. The van der Waals surface area contributed by atoms with Crippen LogP contribution in [0.5, 0.6) is 5.75 Å². The Balaban J connectivity index is 2.94. The highest BCUT2D eigenvalue weighted by Gasteiger charge is 2.20. The quantitative estimate of drug-likeness (QED) is 0.892. The fourth-order valence-corrected chi connectivity index (χ4v) is 1.59. The smallest absolute Gasteiger partial charge is 0.412 e. The minimum absolute atomic E-state index is 0.468. The standard InChI is InChI=1S/C15H23NO4/c1-14(2,3)20-13(17)16-11-8-7-10(15(4,5)18)9-12(11)19-6/h7-9,18H,1-6H3,(H,16,17). The Morgan fingerprint density at radius 2 is 1.80 bits per heavy atom. The van der Waals surface area contributed by atoms with E-state index in [-0.39, 0.29) is 0 Å². The predicted molar refractivity (Wildman–Crippen MR) is 78.1 cm³/mol. The summed E-state index contributed by atoms with van der Waals surface area (Å²) < 4.78 is 10.4. The molecule has 0 saturated carbocycles. The van der Waals surface area contributed by atoms with Crippen molar-refractivity contribution in [1.82, 2.24) is 0 Å². The number of anilines is 1. The molecule has 1 aromatic rings. The Hall–Kier alpha value is -1.75. The molecular formula is C15H23NO4. The first-order valence-electron chi connectivity index (χ1n) is 6.44. The maximum atomic E-state index is 11.7. The first-order valence-corrected chi connectivity index (χ1v) is 6.44. The van der Waals surface area contributed by atoms with Crippen LogP contribution in [-0.4, -0.2) is 23.9 Å². The lowest BCUT2D eigenvalue weighted by atomic mass is 9.98. The zero-order valence-corrected chi connectivity index (χ0v) is 12.9. The van der Waals surface area contributed by atoms with Gasteiger partial charge in [0, 0.05) is 0 Å². The molecular weight excluding hydrogens is 258 g/mol. The number of methoxy groups -OCH3 is 1. The summed E-state index contributed by atoms with van der Waals surface area (Å²) in [7, 11) is 1.50. The molecule has 0 aliphatic heterocycles. The molecule has 0 saturated heterocycles. The lowest BCUT2D eigenvalue weighted by molar-refractivity contribution is 0.0635. The van der Waals surface area contributed by atoms with Gasteiger partial charge in [0.15, 0.2) is 0 Å². The van der Waals surface area contributed by atoms with E-state index in [1.165, 1.54) is 7.11 Å². The van der Waals surface area contributed by atoms with E-state index < -0.39 is 17.3 Å². The molecule has 1 rings (SSSR count). The number of carbonyl (C=O) groups is 1. The van der Waals surface area contributed by atoms with E-state index in [1.807, 2.05) is 0 Å². The molecule has 0 fully saturated rings. The number of hydrogen-bond donors (Lipinski definition) is 2. The number of ether oxygens (including phenoxy) is 2. The summed E-state index contributed by atoms with van der Waals surface area (Å²) >= 11 is 0. The largest absolute Gasteiger partial charge is 0.495 e. The second kappa shape index (κ2) is 5.71. The van der Waals surface area contributed by atoms with Crippen molar-refractivity contribution in [1.29, 1.82) is 0 Å². The van der Waals surface area contributed by atoms with E-state index in [0.29, 0.717) is 17.0 Å². The van der Waals surface area contributed by atoms with Crippen LogP contribution in [0.4, 0.5) is 10.5 Å². The Kier molecular flexibility index (Phi) is 4.65. The normalized spacial score (nSPS) is 11.9. The van der Waals surface area contributed by atoms with Crippen LogP contribution in [0, 0.1) is 0 Å². The highest BCUT2D eigenvalue weighted by atomic mass is 16.6. The van der Waals surface area contributed by atoms with Crippen molar-refractivity contribution in [3.8, 4) is 5.75 Å². The van der Waals surface area contributed by atoms with Crippen molar-refractivity contribution in [3.63, 3.8) is 0 Å². The third kappa shape index (κ3) is 4.74. The highest BCUT2D eigenvalue weighted by Crippen LogP contribution is 2.30. The number of hydrogen-bond acceptors (Lipinski definition) is 4. The fraction of sp³-hybridized carbons (Fsp3) is 0.533. The van der Waals surface area contributed by atoms with Crippen LogP contribution in [-0.2, 0) is 10.3 Å². The van der Waals surface area contributed by atoms with Gasteiger partial charge in [0.2, 0.25) is 0 Å². The van der Waals surface area contributed by atoms with Crippen molar-refractivity contribution in [2.45, 2.75) is 45.8 Å². The molecule has 0 bridgehead atoms. The Morgan fingerprint density at radius 3 is 2.25 bits per heavy atom. The zero-order valence-electron chi connectivity index (χ0n) is 12.9. The number of benzene rings is 1. The van der Waals surface area contributed by atoms with Crippen molar-refractivity contribution >= 4 is 11.8 Å². The third-order valence-electron chi connectivity index (χ3n) is 2.54. The lowest BCUT2D eigenvalue weighted by Crippen LogP contribution is -2.27. The summed E-state index contributed by atoms with van der Waals surface area (Å²) in [6.07, 6.45) is -0.549. The van der Waals surface area contributed by atoms with Crippen molar-refractivity contribution in [2.75, 3.05) is 12.4 Å². The van der Waals surface area contributed by atoms with E-state index in [4.69, 9.17) is 9.47 Å². The zero-order chi connectivity index (χ0) is 15.6. The van der Waals surface area contributed by atoms with Crippen molar-refractivity contribution in [2.24, 2.45) is 0 Å². The highest BCUT2D eigenvalue weighted by molar-refractivity contribution is 5.87. The number of rotatable bonds is 3. The van der Waals surface area contributed by atoms with E-state index in [0.717, 1.165) is 0 Å². The number of carbonyl (C=O) groups excluding carboxylic acids is 1. The maximum absolute atomic E-state index is 11.7. The van der Waals surface area contributed by atoms with Crippen LogP contribution in [0.15, 0.2) is 18.2 Å². The second-order valence-corrected chi connectivity index (χ2v) is 6.10. The monoisotopic (exact) mass is 281 g/mol. The SMILES string of the molecule is COc1cc(C(C)(C)O)ccc1NC(=O)OC(C)(C)C. The van der Waals surface area contributed by atoms with Gasteiger partial charge in [0.1, 0.15) is 11.4 Å².